The molecule has 9 heteroatoms. The van der Waals surface area contributed by atoms with Gasteiger partial charge >= 0.3 is 0 Å². The van der Waals surface area contributed by atoms with Crippen molar-refractivity contribution in [3.63, 3.8) is 0 Å². The zero-order valence-corrected chi connectivity index (χ0v) is 25.5. The van der Waals surface area contributed by atoms with Gasteiger partial charge in [-0.2, -0.15) is 5.10 Å². The SMILES string of the molecule is Cc1cc(Oc2nccc3c2ccn3COCC[Si](C)(C)C)ccc1-c1c(C)nn(C2CCCCO2)c(=O)c1C. The third kappa shape index (κ3) is 6.06. The predicted octanol–water partition coefficient (Wildman–Crippen LogP) is 6.99. The highest BCUT2D eigenvalue weighted by Gasteiger charge is 2.22. The van der Waals surface area contributed by atoms with Crippen molar-refractivity contribution >= 4 is 19.0 Å². The molecule has 0 amide bonds. The van der Waals surface area contributed by atoms with Gasteiger partial charge in [0.05, 0.1) is 16.6 Å². The van der Waals surface area contributed by atoms with E-state index in [2.05, 4.69) is 34.3 Å². The van der Waals surface area contributed by atoms with Crippen LogP contribution in [0.15, 0.2) is 47.5 Å². The van der Waals surface area contributed by atoms with E-state index in [1.807, 2.05) is 57.3 Å². The molecule has 0 spiro atoms. The van der Waals surface area contributed by atoms with Gasteiger partial charge in [0.25, 0.3) is 5.56 Å². The maximum absolute atomic E-state index is 13.3. The molecule has 1 aliphatic rings. The average Bonchev–Trinajstić information content (AvgIpc) is 3.34. The summed E-state index contributed by atoms with van der Waals surface area (Å²) in [6.07, 6.45) is 6.37. The second-order valence-electron chi connectivity index (χ2n) is 11.9. The van der Waals surface area contributed by atoms with Crippen LogP contribution in [0, 0.1) is 20.8 Å². The van der Waals surface area contributed by atoms with Crippen LogP contribution >= 0.6 is 0 Å². The molecule has 1 aromatic carbocycles. The molecule has 5 rings (SSSR count). The fourth-order valence-electron chi connectivity index (χ4n) is 5.24. The summed E-state index contributed by atoms with van der Waals surface area (Å²) in [5, 5.41) is 5.60. The lowest BCUT2D eigenvalue weighted by Crippen LogP contribution is -2.33. The summed E-state index contributed by atoms with van der Waals surface area (Å²) < 4.78 is 21.7. The number of aryl methyl sites for hydroxylation is 2. The molecule has 1 unspecified atom stereocenters. The smallest absolute Gasteiger partial charge is 0.272 e. The fraction of sp³-hybridized carbons (Fsp3) is 0.452. The minimum Gasteiger partial charge on any atom is -0.438 e. The van der Waals surface area contributed by atoms with Crippen LogP contribution < -0.4 is 10.3 Å². The summed E-state index contributed by atoms with van der Waals surface area (Å²) in [7, 11) is -1.12. The molecule has 3 aromatic heterocycles. The number of nitrogens with zero attached hydrogens (tertiary/aromatic N) is 4. The summed E-state index contributed by atoms with van der Waals surface area (Å²) in [5.74, 6) is 1.24. The molecule has 40 heavy (non-hydrogen) atoms. The van der Waals surface area contributed by atoms with Crippen molar-refractivity contribution in [2.24, 2.45) is 0 Å². The average molecular weight is 561 g/mol. The number of rotatable bonds is 9. The first kappa shape index (κ1) is 28.3. The van der Waals surface area contributed by atoms with E-state index in [1.54, 1.807) is 6.20 Å². The van der Waals surface area contributed by atoms with Crippen LogP contribution in [0.4, 0.5) is 0 Å². The molecule has 0 N–H and O–H groups in total. The minimum absolute atomic E-state index is 0.0999. The van der Waals surface area contributed by atoms with Gasteiger partial charge in [-0.3, -0.25) is 4.79 Å². The van der Waals surface area contributed by atoms with Crippen LogP contribution in [0.25, 0.3) is 22.0 Å². The predicted molar refractivity (Wildman–Crippen MR) is 161 cm³/mol. The third-order valence-electron chi connectivity index (χ3n) is 7.52. The summed E-state index contributed by atoms with van der Waals surface area (Å²) in [5.41, 5.74) is 5.24. The Labute approximate surface area is 236 Å². The Hall–Kier alpha value is -3.27. The zero-order chi connectivity index (χ0) is 28.4. The highest BCUT2D eigenvalue weighted by Crippen LogP contribution is 2.34. The van der Waals surface area contributed by atoms with Gasteiger partial charge in [-0.25, -0.2) is 9.67 Å². The minimum atomic E-state index is -1.12. The number of ether oxygens (including phenoxy) is 3. The van der Waals surface area contributed by atoms with E-state index in [1.165, 1.54) is 4.68 Å². The van der Waals surface area contributed by atoms with Crippen molar-refractivity contribution in [1.82, 2.24) is 19.3 Å². The van der Waals surface area contributed by atoms with E-state index in [0.717, 1.165) is 65.2 Å². The molecule has 1 aliphatic heterocycles. The fourth-order valence-corrected chi connectivity index (χ4v) is 6.00. The maximum Gasteiger partial charge on any atom is 0.272 e. The molecule has 4 aromatic rings. The van der Waals surface area contributed by atoms with Gasteiger partial charge in [0.2, 0.25) is 5.88 Å². The van der Waals surface area contributed by atoms with Gasteiger partial charge in [-0.15, -0.1) is 0 Å². The van der Waals surface area contributed by atoms with Crippen LogP contribution in [-0.2, 0) is 16.2 Å². The molecular formula is C31H40N4O4Si. The van der Waals surface area contributed by atoms with Gasteiger partial charge in [-0.05, 0) is 81.5 Å². The molecule has 1 atom stereocenters. The van der Waals surface area contributed by atoms with Gasteiger partial charge in [-0.1, -0.05) is 25.7 Å². The van der Waals surface area contributed by atoms with E-state index >= 15 is 0 Å². The van der Waals surface area contributed by atoms with E-state index in [-0.39, 0.29) is 11.8 Å². The normalized spacial score (nSPS) is 16.0. The first-order valence-corrected chi connectivity index (χ1v) is 17.9. The van der Waals surface area contributed by atoms with Crippen LogP contribution in [0.5, 0.6) is 11.6 Å². The third-order valence-corrected chi connectivity index (χ3v) is 9.23. The monoisotopic (exact) mass is 560 g/mol. The van der Waals surface area contributed by atoms with Gasteiger partial charge in [0, 0.05) is 44.8 Å². The first-order valence-electron chi connectivity index (χ1n) is 14.1. The van der Waals surface area contributed by atoms with Gasteiger partial charge in [0.15, 0.2) is 6.23 Å². The Kier molecular flexibility index (Phi) is 8.25. The Morgan fingerprint density at radius 2 is 1.93 bits per heavy atom. The number of pyridine rings is 1. The van der Waals surface area contributed by atoms with E-state index in [9.17, 15) is 4.79 Å². The summed E-state index contributed by atoms with van der Waals surface area (Å²) in [6, 6.07) is 11.1. The van der Waals surface area contributed by atoms with Crippen molar-refractivity contribution < 1.29 is 14.2 Å². The lowest BCUT2D eigenvalue weighted by molar-refractivity contribution is -0.0428. The number of aromatic nitrogens is 4. The molecule has 0 saturated carbocycles. The maximum atomic E-state index is 13.3. The quantitative estimate of drug-likeness (QED) is 0.162. The highest BCUT2D eigenvalue weighted by molar-refractivity contribution is 6.76. The van der Waals surface area contributed by atoms with E-state index in [0.29, 0.717) is 30.5 Å². The number of benzene rings is 1. The van der Waals surface area contributed by atoms with Crippen LogP contribution in [0.1, 0.15) is 42.3 Å². The molecular weight excluding hydrogens is 520 g/mol. The molecule has 1 saturated heterocycles. The summed E-state index contributed by atoms with van der Waals surface area (Å²) >= 11 is 0. The standard InChI is InChI=1S/C31H40N4O4Si/c1-21-19-24(39-30-26-13-15-34(27(26)12-14-32-30)20-37-17-18-40(4,5)6)10-11-25(21)29-22(2)31(36)35(33-23(29)3)28-9-7-8-16-38-28/h10-15,19,28H,7-9,16-18,20H2,1-6H3. The first-order chi connectivity index (χ1) is 19.1. The van der Waals surface area contributed by atoms with Crippen LogP contribution in [-0.4, -0.2) is 40.6 Å². The molecule has 0 aliphatic carbocycles. The Bertz CT molecular complexity index is 1560. The Balaban J connectivity index is 1.36. The highest BCUT2D eigenvalue weighted by atomic mass is 28.3. The molecule has 212 valence electrons. The summed E-state index contributed by atoms with van der Waals surface area (Å²) in [6.45, 7) is 14.9. The second-order valence-corrected chi connectivity index (χ2v) is 17.5. The van der Waals surface area contributed by atoms with Gasteiger partial charge < -0.3 is 18.8 Å². The second kappa shape index (κ2) is 11.7. The molecule has 8 nitrogen and oxygen atoms in total. The van der Waals surface area contributed by atoms with E-state index < -0.39 is 8.07 Å². The lowest BCUT2D eigenvalue weighted by Gasteiger charge is -2.25. The largest absolute Gasteiger partial charge is 0.438 e. The van der Waals surface area contributed by atoms with E-state index in [4.69, 9.17) is 14.2 Å². The number of fused-ring (bicyclic) bond motifs is 1. The van der Waals surface area contributed by atoms with Crippen molar-refractivity contribution in [2.75, 3.05) is 13.2 Å². The van der Waals surface area contributed by atoms with Crippen molar-refractivity contribution in [3.8, 4) is 22.8 Å². The van der Waals surface area contributed by atoms with Gasteiger partial charge in [0.1, 0.15) is 12.5 Å². The Morgan fingerprint density at radius 1 is 1.10 bits per heavy atom. The molecule has 0 radical (unpaired) electrons. The number of hydrogen-bond donors (Lipinski definition) is 0. The molecule has 4 heterocycles. The number of hydrogen-bond acceptors (Lipinski definition) is 6. The van der Waals surface area contributed by atoms with Crippen molar-refractivity contribution in [2.45, 2.75) is 78.7 Å². The Morgan fingerprint density at radius 3 is 2.65 bits per heavy atom. The lowest BCUT2D eigenvalue weighted by atomic mass is 9.96. The van der Waals surface area contributed by atoms with Crippen LogP contribution in [0.3, 0.4) is 0 Å². The molecule has 0 bridgehead atoms. The molecule has 1 fully saturated rings. The topological polar surface area (TPSA) is 80.4 Å². The van der Waals surface area contributed by atoms with Crippen molar-refractivity contribution in [3.05, 3.63) is 69.9 Å². The van der Waals surface area contributed by atoms with Crippen molar-refractivity contribution in [1.29, 1.82) is 0 Å². The zero-order valence-electron chi connectivity index (χ0n) is 24.5. The van der Waals surface area contributed by atoms with Crippen LogP contribution in [0.2, 0.25) is 25.7 Å². The summed E-state index contributed by atoms with van der Waals surface area (Å²) in [4.78, 5) is 17.8.